The second-order valence-electron chi connectivity index (χ2n) is 5.60. The lowest BCUT2D eigenvalue weighted by molar-refractivity contribution is -0.218. The van der Waals surface area contributed by atoms with E-state index in [2.05, 4.69) is 0 Å². The van der Waals surface area contributed by atoms with Gasteiger partial charge in [0.1, 0.15) is 24.9 Å². The monoisotopic (exact) mass is 294 g/mol. The van der Waals surface area contributed by atoms with Crippen molar-refractivity contribution < 1.29 is 28.8 Å². The van der Waals surface area contributed by atoms with Crippen LogP contribution in [-0.4, -0.2) is 48.1 Å². The molecule has 0 saturated carbocycles. The average molecular weight is 294 g/mol. The molecule has 2 fully saturated rings. The molecule has 6 nitrogen and oxygen atoms in total. The van der Waals surface area contributed by atoms with E-state index in [0.29, 0.717) is 5.56 Å². The van der Waals surface area contributed by atoms with Crippen molar-refractivity contribution in [1.29, 1.82) is 0 Å². The molecule has 0 aliphatic carbocycles. The topological polar surface area (TPSA) is 74.2 Å². The minimum Gasteiger partial charge on any atom is -0.459 e. The van der Waals surface area contributed by atoms with Crippen LogP contribution >= 0.6 is 0 Å². The molecule has 2 aliphatic heterocycles. The van der Waals surface area contributed by atoms with Gasteiger partial charge >= 0.3 is 5.97 Å². The third-order valence-corrected chi connectivity index (χ3v) is 3.50. The Morgan fingerprint density at radius 3 is 2.67 bits per heavy atom. The second-order valence-corrected chi connectivity index (χ2v) is 5.60. The number of rotatable bonds is 3. The SMILES string of the molecule is CC1(C)OC2C(O)[C@@H](COC(=O)c3ccccc3)O[C@@H]2O1. The maximum atomic E-state index is 11.8. The number of hydrogen-bond acceptors (Lipinski definition) is 6. The number of aliphatic hydroxyl groups excluding tert-OH is 1. The Morgan fingerprint density at radius 2 is 2.00 bits per heavy atom. The van der Waals surface area contributed by atoms with Crippen molar-refractivity contribution in [3.05, 3.63) is 35.9 Å². The number of aliphatic hydroxyl groups is 1. The summed E-state index contributed by atoms with van der Waals surface area (Å²) in [7, 11) is 0. The van der Waals surface area contributed by atoms with Crippen LogP contribution in [-0.2, 0) is 18.9 Å². The number of benzene rings is 1. The van der Waals surface area contributed by atoms with E-state index in [1.165, 1.54) is 0 Å². The van der Waals surface area contributed by atoms with Crippen LogP contribution in [0.25, 0.3) is 0 Å². The first-order valence-electron chi connectivity index (χ1n) is 6.88. The zero-order valence-electron chi connectivity index (χ0n) is 11.9. The lowest BCUT2D eigenvalue weighted by Gasteiger charge is -2.22. The van der Waals surface area contributed by atoms with E-state index in [1.54, 1.807) is 38.1 Å². The Bertz CT molecular complexity index is 514. The maximum Gasteiger partial charge on any atom is 0.338 e. The first-order chi connectivity index (χ1) is 9.96. The summed E-state index contributed by atoms with van der Waals surface area (Å²) in [5.41, 5.74) is 0.457. The fourth-order valence-electron chi connectivity index (χ4n) is 2.51. The quantitative estimate of drug-likeness (QED) is 0.841. The van der Waals surface area contributed by atoms with Gasteiger partial charge in [-0.25, -0.2) is 4.79 Å². The number of ether oxygens (including phenoxy) is 4. The third kappa shape index (κ3) is 2.94. The standard InChI is InChI=1S/C15H18O6/c1-15(2)20-12-11(16)10(19-14(12)21-15)8-18-13(17)9-6-4-3-5-7-9/h3-7,10-12,14,16H,8H2,1-2H3/t10-,11?,12?,14-/m1/s1. The first-order valence-corrected chi connectivity index (χ1v) is 6.88. The van der Waals surface area contributed by atoms with Gasteiger partial charge in [0, 0.05) is 0 Å². The Labute approximate surface area is 122 Å². The van der Waals surface area contributed by atoms with Gasteiger partial charge in [-0.3, -0.25) is 0 Å². The molecular formula is C15H18O6. The highest BCUT2D eigenvalue weighted by molar-refractivity contribution is 5.89. The normalized spacial score (nSPS) is 33.7. The van der Waals surface area contributed by atoms with E-state index in [1.807, 2.05) is 6.07 Å². The smallest absolute Gasteiger partial charge is 0.338 e. The Balaban J connectivity index is 1.55. The Kier molecular flexibility index (Phi) is 3.71. The lowest BCUT2D eigenvalue weighted by atomic mass is 10.1. The van der Waals surface area contributed by atoms with Gasteiger partial charge in [0.2, 0.25) is 0 Å². The van der Waals surface area contributed by atoms with E-state index in [-0.39, 0.29) is 6.61 Å². The third-order valence-electron chi connectivity index (χ3n) is 3.50. The van der Waals surface area contributed by atoms with Gasteiger partial charge in [-0.1, -0.05) is 18.2 Å². The molecule has 6 heteroatoms. The number of carbonyl (C=O) groups excluding carboxylic acids is 1. The molecule has 2 unspecified atom stereocenters. The van der Waals surface area contributed by atoms with E-state index in [9.17, 15) is 9.90 Å². The summed E-state index contributed by atoms with van der Waals surface area (Å²) in [6.07, 6.45) is -2.72. The number of hydrogen-bond donors (Lipinski definition) is 1. The van der Waals surface area contributed by atoms with E-state index >= 15 is 0 Å². The van der Waals surface area contributed by atoms with Gasteiger partial charge in [0.25, 0.3) is 0 Å². The van der Waals surface area contributed by atoms with Crippen molar-refractivity contribution in [1.82, 2.24) is 0 Å². The Morgan fingerprint density at radius 1 is 1.29 bits per heavy atom. The maximum absolute atomic E-state index is 11.8. The van der Waals surface area contributed by atoms with Gasteiger partial charge < -0.3 is 24.1 Å². The molecule has 3 rings (SSSR count). The summed E-state index contributed by atoms with van der Waals surface area (Å²) < 4.78 is 21.8. The van der Waals surface area contributed by atoms with Crippen LogP contribution < -0.4 is 0 Å². The molecule has 0 spiro atoms. The van der Waals surface area contributed by atoms with Gasteiger partial charge in [0.15, 0.2) is 12.1 Å². The van der Waals surface area contributed by atoms with Crippen LogP contribution in [0.3, 0.4) is 0 Å². The van der Waals surface area contributed by atoms with Crippen molar-refractivity contribution in [3.8, 4) is 0 Å². The van der Waals surface area contributed by atoms with Crippen LogP contribution in [0.1, 0.15) is 24.2 Å². The van der Waals surface area contributed by atoms with Crippen molar-refractivity contribution in [2.45, 2.75) is 44.2 Å². The summed E-state index contributed by atoms with van der Waals surface area (Å²) in [6, 6.07) is 8.66. The molecule has 1 aromatic carbocycles. The predicted molar refractivity (Wildman–Crippen MR) is 71.4 cm³/mol. The van der Waals surface area contributed by atoms with Crippen molar-refractivity contribution in [2.24, 2.45) is 0 Å². The largest absolute Gasteiger partial charge is 0.459 e. The molecule has 2 aliphatic rings. The molecule has 1 N–H and O–H groups in total. The molecule has 0 radical (unpaired) electrons. The van der Waals surface area contributed by atoms with Gasteiger partial charge in [0.05, 0.1) is 5.56 Å². The summed E-state index contributed by atoms with van der Waals surface area (Å²) in [5.74, 6) is -1.23. The lowest BCUT2D eigenvalue weighted by Crippen LogP contribution is -2.37. The molecule has 1 aromatic rings. The second kappa shape index (κ2) is 5.38. The summed E-state index contributed by atoms with van der Waals surface area (Å²) in [6.45, 7) is 3.46. The van der Waals surface area contributed by atoms with Gasteiger partial charge in [-0.2, -0.15) is 0 Å². The average Bonchev–Trinajstić information content (AvgIpc) is 2.91. The van der Waals surface area contributed by atoms with Crippen molar-refractivity contribution >= 4 is 5.97 Å². The predicted octanol–water partition coefficient (Wildman–Crippen LogP) is 1.08. The van der Waals surface area contributed by atoms with Crippen LogP contribution in [0.2, 0.25) is 0 Å². The van der Waals surface area contributed by atoms with Crippen molar-refractivity contribution in [3.63, 3.8) is 0 Å². The van der Waals surface area contributed by atoms with Gasteiger partial charge in [-0.05, 0) is 26.0 Å². The van der Waals surface area contributed by atoms with Crippen LogP contribution in [0.15, 0.2) is 30.3 Å². The fraction of sp³-hybridized carbons (Fsp3) is 0.533. The van der Waals surface area contributed by atoms with Gasteiger partial charge in [-0.15, -0.1) is 0 Å². The molecule has 0 bridgehead atoms. The van der Waals surface area contributed by atoms with Crippen molar-refractivity contribution in [2.75, 3.05) is 6.61 Å². The highest BCUT2D eigenvalue weighted by atomic mass is 16.8. The molecule has 0 amide bonds. The summed E-state index contributed by atoms with van der Waals surface area (Å²) >= 11 is 0. The highest BCUT2D eigenvalue weighted by Gasteiger charge is 2.54. The van der Waals surface area contributed by atoms with Crippen LogP contribution in [0.5, 0.6) is 0 Å². The van der Waals surface area contributed by atoms with E-state index in [4.69, 9.17) is 18.9 Å². The highest BCUT2D eigenvalue weighted by Crippen LogP contribution is 2.37. The molecule has 2 heterocycles. The molecular weight excluding hydrogens is 276 g/mol. The number of fused-ring (bicyclic) bond motifs is 1. The zero-order valence-corrected chi connectivity index (χ0v) is 11.9. The molecule has 4 atom stereocenters. The summed E-state index contributed by atoms with van der Waals surface area (Å²) in [4.78, 5) is 11.8. The zero-order chi connectivity index (χ0) is 15.0. The number of carbonyl (C=O) groups is 1. The minimum atomic E-state index is -0.889. The van der Waals surface area contributed by atoms with Crippen LogP contribution in [0, 0.1) is 0 Å². The van der Waals surface area contributed by atoms with E-state index in [0.717, 1.165) is 0 Å². The number of esters is 1. The minimum absolute atomic E-state index is 0.0466. The first kappa shape index (κ1) is 14.5. The summed E-state index contributed by atoms with van der Waals surface area (Å²) in [5, 5.41) is 10.2. The molecule has 2 saturated heterocycles. The van der Waals surface area contributed by atoms with E-state index < -0.39 is 36.4 Å². The fourth-order valence-corrected chi connectivity index (χ4v) is 2.51. The Hall–Kier alpha value is -1.47. The molecule has 114 valence electrons. The molecule has 0 aromatic heterocycles. The molecule has 21 heavy (non-hydrogen) atoms. The van der Waals surface area contributed by atoms with Crippen LogP contribution in [0.4, 0.5) is 0 Å².